The molecular weight excluding hydrogens is 210 g/mol. The van der Waals surface area contributed by atoms with Crippen LogP contribution in [0.3, 0.4) is 0 Å². The Morgan fingerprint density at radius 2 is 2.06 bits per heavy atom. The smallest absolute Gasteiger partial charge is 0.0462 e. The summed E-state index contributed by atoms with van der Waals surface area (Å²) in [6.45, 7) is 8.00. The number of ether oxygens (including phenoxy) is 1. The van der Waals surface area contributed by atoms with Gasteiger partial charge in [-0.15, -0.1) is 0 Å². The third-order valence-electron chi connectivity index (χ3n) is 4.16. The zero-order valence-electron chi connectivity index (χ0n) is 12.0. The van der Waals surface area contributed by atoms with E-state index in [9.17, 15) is 0 Å². The molecule has 102 valence electrons. The van der Waals surface area contributed by atoms with E-state index in [2.05, 4.69) is 19.2 Å². The molecule has 3 atom stereocenters. The molecule has 3 unspecified atom stereocenters. The van der Waals surface area contributed by atoms with E-state index in [1.54, 1.807) is 0 Å². The molecule has 0 aromatic rings. The summed E-state index contributed by atoms with van der Waals surface area (Å²) >= 11 is 0. The molecule has 1 rings (SSSR count). The molecule has 0 bridgehead atoms. The van der Waals surface area contributed by atoms with Crippen molar-refractivity contribution >= 4 is 0 Å². The van der Waals surface area contributed by atoms with E-state index in [1.807, 2.05) is 7.11 Å². The highest BCUT2D eigenvalue weighted by Crippen LogP contribution is 2.36. The normalized spacial score (nSPS) is 29.5. The second-order valence-electron chi connectivity index (χ2n) is 5.78. The third-order valence-corrected chi connectivity index (χ3v) is 4.16. The average molecular weight is 241 g/mol. The van der Waals surface area contributed by atoms with Gasteiger partial charge in [0, 0.05) is 13.7 Å². The lowest BCUT2D eigenvalue weighted by Gasteiger charge is -2.35. The molecular formula is C15H31NO. The predicted octanol–water partition coefficient (Wildman–Crippen LogP) is 3.47. The second-order valence-corrected chi connectivity index (χ2v) is 5.78. The van der Waals surface area contributed by atoms with E-state index in [0.717, 1.165) is 24.4 Å². The summed E-state index contributed by atoms with van der Waals surface area (Å²) in [5.74, 6) is 2.78. The first-order valence-electron chi connectivity index (χ1n) is 7.47. The maximum Gasteiger partial charge on any atom is 0.0462 e. The van der Waals surface area contributed by atoms with Crippen molar-refractivity contribution in [3.63, 3.8) is 0 Å². The fourth-order valence-electron chi connectivity index (χ4n) is 3.14. The Labute approximate surface area is 108 Å². The van der Waals surface area contributed by atoms with Gasteiger partial charge in [-0.2, -0.15) is 0 Å². The molecule has 2 nitrogen and oxygen atoms in total. The van der Waals surface area contributed by atoms with E-state index in [0.29, 0.717) is 0 Å². The first-order chi connectivity index (χ1) is 8.27. The van der Waals surface area contributed by atoms with Crippen molar-refractivity contribution in [2.24, 2.45) is 17.8 Å². The van der Waals surface area contributed by atoms with Gasteiger partial charge in [0.25, 0.3) is 0 Å². The largest absolute Gasteiger partial charge is 0.385 e. The van der Waals surface area contributed by atoms with E-state index in [1.165, 1.54) is 51.6 Å². The highest BCUT2D eigenvalue weighted by atomic mass is 16.5. The van der Waals surface area contributed by atoms with Gasteiger partial charge in [0.1, 0.15) is 0 Å². The minimum absolute atomic E-state index is 0.912. The van der Waals surface area contributed by atoms with E-state index >= 15 is 0 Å². The average Bonchev–Trinajstić information content (AvgIpc) is 2.32. The highest BCUT2D eigenvalue weighted by molar-refractivity contribution is 4.80. The van der Waals surface area contributed by atoms with Crippen molar-refractivity contribution in [2.75, 3.05) is 26.8 Å². The molecule has 0 spiro atoms. The van der Waals surface area contributed by atoms with Crippen LogP contribution in [0.25, 0.3) is 0 Å². The molecule has 0 amide bonds. The SMILES string of the molecule is CCCNCC1CCC(C)CC1CCCOC. The maximum absolute atomic E-state index is 5.18. The van der Waals surface area contributed by atoms with Crippen molar-refractivity contribution in [1.82, 2.24) is 5.32 Å². The Bertz CT molecular complexity index is 184. The fourth-order valence-corrected chi connectivity index (χ4v) is 3.14. The first kappa shape index (κ1) is 15.0. The van der Waals surface area contributed by atoms with Crippen LogP contribution in [-0.2, 0) is 4.74 Å². The maximum atomic E-state index is 5.18. The molecule has 0 saturated heterocycles. The summed E-state index contributed by atoms with van der Waals surface area (Å²) in [4.78, 5) is 0. The van der Waals surface area contributed by atoms with Crippen molar-refractivity contribution < 1.29 is 4.74 Å². The van der Waals surface area contributed by atoms with Crippen LogP contribution < -0.4 is 5.32 Å². The summed E-state index contributed by atoms with van der Waals surface area (Å²) in [5, 5.41) is 3.61. The predicted molar refractivity (Wildman–Crippen MR) is 74.3 cm³/mol. The van der Waals surface area contributed by atoms with Gasteiger partial charge >= 0.3 is 0 Å². The zero-order valence-corrected chi connectivity index (χ0v) is 12.0. The van der Waals surface area contributed by atoms with Gasteiger partial charge in [-0.1, -0.05) is 20.3 Å². The Balaban J connectivity index is 2.29. The number of rotatable bonds is 8. The molecule has 0 aromatic carbocycles. The Hall–Kier alpha value is -0.0800. The summed E-state index contributed by atoms with van der Waals surface area (Å²) in [5.41, 5.74) is 0. The highest BCUT2D eigenvalue weighted by Gasteiger charge is 2.27. The van der Waals surface area contributed by atoms with Crippen molar-refractivity contribution in [1.29, 1.82) is 0 Å². The van der Waals surface area contributed by atoms with Gasteiger partial charge in [0.15, 0.2) is 0 Å². The van der Waals surface area contributed by atoms with Crippen LogP contribution in [0.4, 0.5) is 0 Å². The van der Waals surface area contributed by atoms with E-state index in [-0.39, 0.29) is 0 Å². The number of hydrogen-bond donors (Lipinski definition) is 1. The van der Waals surface area contributed by atoms with Crippen molar-refractivity contribution in [3.8, 4) is 0 Å². The zero-order chi connectivity index (χ0) is 12.5. The van der Waals surface area contributed by atoms with E-state index in [4.69, 9.17) is 4.74 Å². The van der Waals surface area contributed by atoms with Gasteiger partial charge < -0.3 is 10.1 Å². The lowest BCUT2D eigenvalue weighted by molar-refractivity contribution is 0.144. The Morgan fingerprint density at radius 1 is 1.24 bits per heavy atom. The third kappa shape index (κ3) is 5.87. The quantitative estimate of drug-likeness (QED) is 0.657. The molecule has 1 aliphatic carbocycles. The number of methoxy groups -OCH3 is 1. The fraction of sp³-hybridized carbons (Fsp3) is 1.00. The topological polar surface area (TPSA) is 21.3 Å². The second kappa shape index (κ2) is 8.93. The Kier molecular flexibility index (Phi) is 7.87. The Morgan fingerprint density at radius 3 is 2.76 bits per heavy atom. The molecule has 2 heteroatoms. The summed E-state index contributed by atoms with van der Waals surface area (Å²) in [6.07, 6.45) is 8.13. The molecule has 1 aliphatic rings. The van der Waals surface area contributed by atoms with Crippen molar-refractivity contribution in [3.05, 3.63) is 0 Å². The molecule has 1 saturated carbocycles. The minimum atomic E-state index is 0.912. The lowest BCUT2D eigenvalue weighted by Crippen LogP contribution is -2.33. The van der Waals surface area contributed by atoms with Crippen LogP contribution in [0.5, 0.6) is 0 Å². The van der Waals surface area contributed by atoms with Gasteiger partial charge in [0.05, 0.1) is 0 Å². The van der Waals surface area contributed by atoms with Crippen LogP contribution in [0.15, 0.2) is 0 Å². The van der Waals surface area contributed by atoms with Crippen LogP contribution >= 0.6 is 0 Å². The summed E-state index contributed by atoms with van der Waals surface area (Å²) in [7, 11) is 1.81. The minimum Gasteiger partial charge on any atom is -0.385 e. The van der Waals surface area contributed by atoms with Gasteiger partial charge in [-0.05, 0) is 62.9 Å². The molecule has 0 aromatic heterocycles. The van der Waals surface area contributed by atoms with Gasteiger partial charge in [-0.3, -0.25) is 0 Å². The summed E-state index contributed by atoms with van der Waals surface area (Å²) < 4.78 is 5.18. The van der Waals surface area contributed by atoms with E-state index < -0.39 is 0 Å². The number of nitrogens with one attached hydrogen (secondary N) is 1. The van der Waals surface area contributed by atoms with Crippen molar-refractivity contribution in [2.45, 2.75) is 52.4 Å². The van der Waals surface area contributed by atoms with Gasteiger partial charge in [0.2, 0.25) is 0 Å². The van der Waals surface area contributed by atoms with Crippen LogP contribution in [0, 0.1) is 17.8 Å². The monoisotopic (exact) mass is 241 g/mol. The standard InChI is InChI=1S/C15H31NO/c1-4-9-16-12-15-8-7-13(2)11-14(15)6-5-10-17-3/h13-16H,4-12H2,1-3H3. The molecule has 17 heavy (non-hydrogen) atoms. The number of hydrogen-bond acceptors (Lipinski definition) is 2. The van der Waals surface area contributed by atoms with Crippen LogP contribution in [-0.4, -0.2) is 26.8 Å². The molecule has 0 radical (unpaired) electrons. The first-order valence-corrected chi connectivity index (χ1v) is 7.47. The molecule has 0 heterocycles. The lowest BCUT2D eigenvalue weighted by atomic mass is 9.73. The molecule has 0 aliphatic heterocycles. The molecule has 1 fully saturated rings. The summed E-state index contributed by atoms with van der Waals surface area (Å²) in [6, 6.07) is 0. The van der Waals surface area contributed by atoms with Crippen LogP contribution in [0.1, 0.15) is 52.4 Å². The molecule has 1 N–H and O–H groups in total. The van der Waals surface area contributed by atoms with Crippen LogP contribution in [0.2, 0.25) is 0 Å². The van der Waals surface area contributed by atoms with Gasteiger partial charge in [-0.25, -0.2) is 0 Å².